The van der Waals surface area contributed by atoms with Crippen molar-refractivity contribution in [2.24, 2.45) is 0 Å². The van der Waals surface area contributed by atoms with E-state index in [4.69, 9.17) is 0 Å². The molecule has 0 saturated heterocycles. The zero-order chi connectivity index (χ0) is 7.07. The van der Waals surface area contributed by atoms with Crippen LogP contribution in [-0.4, -0.2) is 0 Å². The number of rotatable bonds is 0. The van der Waals surface area contributed by atoms with Gasteiger partial charge in [0.05, 0.1) is 0 Å². The van der Waals surface area contributed by atoms with Gasteiger partial charge in [-0.05, 0) is 0 Å². The summed E-state index contributed by atoms with van der Waals surface area (Å²) in [6, 6.07) is 0. The maximum absolute atomic E-state index is 2.99. The van der Waals surface area contributed by atoms with Crippen molar-refractivity contribution in [2.45, 2.75) is 12.8 Å². The molecular weight excluding hydrogens is 328 g/mol. The van der Waals surface area contributed by atoms with Gasteiger partial charge in [0.1, 0.15) is 0 Å². The van der Waals surface area contributed by atoms with E-state index in [0.717, 1.165) is 12.8 Å². The molecule has 0 heterocycles. The van der Waals surface area contributed by atoms with Crippen LogP contribution >= 0.6 is 0 Å². The molecule has 13 heavy (non-hydrogen) atoms. The topological polar surface area (TPSA) is 0 Å². The van der Waals surface area contributed by atoms with Crippen LogP contribution < -0.4 is 34.0 Å². The fourth-order valence-corrected chi connectivity index (χ4v) is 0.680. The monoisotopic (exact) mass is 336 g/mol. The van der Waals surface area contributed by atoms with Crippen molar-refractivity contribution in [3.05, 3.63) is 48.6 Å². The van der Waals surface area contributed by atoms with Gasteiger partial charge in [0.25, 0.3) is 0 Å². The summed E-state index contributed by atoms with van der Waals surface area (Å²) in [4.78, 5) is 0. The Hall–Kier alpha value is 0.634. The fourth-order valence-electron chi connectivity index (χ4n) is 0.680. The number of hydrogen-bond acceptors (Lipinski definition) is 0. The second-order valence-electron chi connectivity index (χ2n) is 2.01. The molecule has 0 amide bonds. The molecule has 0 fully saturated rings. The molecule has 0 spiro atoms. The molecule has 2 aliphatic carbocycles. The van der Waals surface area contributed by atoms with Gasteiger partial charge in [-0.3, -0.25) is 12.2 Å². The molecule has 0 bridgehead atoms. The summed E-state index contributed by atoms with van der Waals surface area (Å²) in [6.45, 7) is 0. The summed E-state index contributed by atoms with van der Waals surface area (Å²) in [7, 11) is 0. The van der Waals surface area contributed by atoms with Gasteiger partial charge in [-0.2, -0.15) is 12.2 Å². The second-order valence-corrected chi connectivity index (χ2v) is 2.01. The van der Waals surface area contributed by atoms with E-state index >= 15 is 0 Å². The Kier molecular flexibility index (Phi) is 22.4. The molecule has 2 rings (SSSR count). The van der Waals surface area contributed by atoms with E-state index in [2.05, 4.69) is 24.3 Å². The van der Waals surface area contributed by atoms with E-state index in [1.165, 1.54) is 0 Å². The zero-order valence-corrected chi connectivity index (χ0v) is 11.9. The molecule has 0 nitrogen and oxygen atoms in total. The summed E-state index contributed by atoms with van der Waals surface area (Å²) in [6.07, 6.45) is 20.0. The van der Waals surface area contributed by atoms with Crippen molar-refractivity contribution < 1.29 is 55.7 Å². The Balaban J connectivity index is -0.000000125. The Bertz CT molecular complexity index is 151. The molecule has 0 aromatic carbocycles. The summed E-state index contributed by atoms with van der Waals surface area (Å²) < 4.78 is 0. The molecule has 68 valence electrons. The quantitative estimate of drug-likeness (QED) is 0.320. The molecule has 0 radical (unpaired) electrons. The molecule has 2 aliphatic rings. The van der Waals surface area contributed by atoms with Crippen LogP contribution in [0.3, 0.4) is 0 Å². The van der Waals surface area contributed by atoms with Gasteiger partial charge in [-0.25, -0.2) is 24.3 Å². The summed E-state index contributed by atoms with van der Waals surface area (Å²) >= 11 is 0. The van der Waals surface area contributed by atoms with Gasteiger partial charge >= 0.3 is 21.7 Å². The van der Waals surface area contributed by atoms with E-state index in [0.29, 0.717) is 0 Å². The van der Waals surface area contributed by atoms with Crippen molar-refractivity contribution in [1.82, 2.24) is 0 Å². The van der Waals surface area contributed by atoms with Gasteiger partial charge in [-0.1, -0.05) is 0 Å². The van der Waals surface area contributed by atoms with Crippen LogP contribution in [0.1, 0.15) is 12.8 Å². The molecule has 0 aromatic rings. The summed E-state index contributed by atoms with van der Waals surface area (Å²) in [5.41, 5.74) is 0. The van der Waals surface area contributed by atoms with Gasteiger partial charge < -0.3 is 34.0 Å². The van der Waals surface area contributed by atoms with Crippen LogP contribution in [0.25, 0.3) is 0 Å². The third-order valence-electron chi connectivity index (χ3n) is 1.17. The average Bonchev–Trinajstić information content (AvgIpc) is 2.67. The molecule has 0 aliphatic heterocycles. The van der Waals surface area contributed by atoms with E-state index < -0.39 is 0 Å². The molecule has 0 saturated carbocycles. The van der Waals surface area contributed by atoms with Crippen LogP contribution in [0.15, 0.2) is 36.5 Å². The first-order valence-corrected chi connectivity index (χ1v) is 3.43. The van der Waals surface area contributed by atoms with E-state index in [1.807, 2.05) is 24.3 Å². The maximum Gasteiger partial charge on any atom is 4.00 e. The molecule has 0 unspecified atom stereocenters. The van der Waals surface area contributed by atoms with Crippen LogP contribution in [0.5, 0.6) is 0 Å². The first-order valence-electron chi connectivity index (χ1n) is 3.43. The van der Waals surface area contributed by atoms with Gasteiger partial charge in [-0.15, -0.1) is 12.8 Å². The van der Waals surface area contributed by atoms with Crippen LogP contribution in [0.2, 0.25) is 0 Å². The van der Waals surface area contributed by atoms with Crippen molar-refractivity contribution in [2.75, 3.05) is 0 Å². The molecule has 0 atom stereocenters. The van der Waals surface area contributed by atoms with Crippen LogP contribution in [0.4, 0.5) is 0 Å². The van der Waals surface area contributed by atoms with Gasteiger partial charge in [0.15, 0.2) is 0 Å². The van der Waals surface area contributed by atoms with E-state index in [9.17, 15) is 0 Å². The average molecular weight is 338 g/mol. The van der Waals surface area contributed by atoms with Crippen molar-refractivity contribution in [1.29, 1.82) is 0 Å². The Morgan fingerprint density at radius 3 is 1.23 bits per heavy atom. The molecule has 0 N–H and O–H groups in total. The minimum atomic E-state index is 0. The third kappa shape index (κ3) is 12.6. The van der Waals surface area contributed by atoms with Gasteiger partial charge in [0.2, 0.25) is 0 Å². The summed E-state index contributed by atoms with van der Waals surface area (Å²) in [5, 5.41) is 0. The molecule has 3 heteroatoms. The Labute approximate surface area is 116 Å². The largest absolute Gasteiger partial charge is 4.00 e. The Morgan fingerprint density at radius 2 is 1.15 bits per heavy atom. The zero-order valence-electron chi connectivity index (χ0n) is 7.13. The normalized spacial score (nSPS) is 13.5. The number of hydrogen-bond donors (Lipinski definition) is 0. The molecule has 0 aromatic heterocycles. The maximum atomic E-state index is 2.99. The van der Waals surface area contributed by atoms with Crippen LogP contribution in [0, 0.1) is 12.2 Å². The SMILES string of the molecule is [Br-].[Br-].[C-]1=CC=CC1.[C-]1=CC=CC1.[Ti+4]. The number of allylic oxidation sites excluding steroid dienone is 8. The first-order chi connectivity index (χ1) is 5.00. The standard InChI is InChI=1S/2C5H5.2BrH.Ti/c2*1-2-4-5-3-1;;;/h2*1-3H,4H2;2*1H;/q2*-1;;;+4/p-2. The predicted octanol–water partition coefficient (Wildman–Crippen LogP) is -3.38. The predicted molar refractivity (Wildman–Crippen MR) is 43.1 cm³/mol. The smallest absolute Gasteiger partial charge is 1.00 e. The van der Waals surface area contributed by atoms with Gasteiger partial charge in [0, 0.05) is 0 Å². The number of halogens is 2. The van der Waals surface area contributed by atoms with Crippen molar-refractivity contribution in [3.8, 4) is 0 Å². The van der Waals surface area contributed by atoms with E-state index in [-0.39, 0.29) is 55.7 Å². The first kappa shape index (κ1) is 19.2. The van der Waals surface area contributed by atoms with Crippen molar-refractivity contribution >= 4 is 0 Å². The van der Waals surface area contributed by atoms with Crippen LogP contribution in [-0.2, 0) is 21.7 Å². The Morgan fingerprint density at radius 1 is 0.769 bits per heavy atom. The molecular formula is C10H10Br2Ti. The van der Waals surface area contributed by atoms with E-state index in [1.54, 1.807) is 0 Å². The summed E-state index contributed by atoms with van der Waals surface area (Å²) in [5.74, 6) is 0. The minimum Gasteiger partial charge on any atom is -1.00 e. The minimum absolute atomic E-state index is 0. The third-order valence-corrected chi connectivity index (χ3v) is 1.17. The fraction of sp³-hybridized carbons (Fsp3) is 0.200. The second kappa shape index (κ2) is 15.1. The van der Waals surface area contributed by atoms with Crippen molar-refractivity contribution in [3.63, 3.8) is 0 Å².